The monoisotopic (exact) mass is 326 g/mol. The van der Waals surface area contributed by atoms with Crippen molar-refractivity contribution in [2.24, 2.45) is 0 Å². The highest BCUT2D eigenvalue weighted by molar-refractivity contribution is 6.17. The van der Waals surface area contributed by atoms with Gasteiger partial charge in [0.05, 0.1) is 19.3 Å². The van der Waals surface area contributed by atoms with Crippen LogP contribution in [0.5, 0.6) is 0 Å². The van der Waals surface area contributed by atoms with Crippen LogP contribution in [0.3, 0.4) is 0 Å². The molecule has 1 aliphatic heterocycles. The molecule has 1 aromatic carbocycles. The van der Waals surface area contributed by atoms with E-state index in [1.807, 2.05) is 24.3 Å². The van der Waals surface area contributed by atoms with Crippen molar-refractivity contribution in [3.63, 3.8) is 0 Å². The molecule has 1 fully saturated rings. The van der Waals surface area contributed by atoms with Crippen LogP contribution >= 0.6 is 11.6 Å². The van der Waals surface area contributed by atoms with Gasteiger partial charge in [0.15, 0.2) is 0 Å². The predicted molar refractivity (Wildman–Crippen MR) is 87.4 cm³/mol. The molecule has 0 aliphatic carbocycles. The maximum Gasteiger partial charge on any atom is 0.220 e. The summed E-state index contributed by atoms with van der Waals surface area (Å²) in [5.41, 5.74) is 1.93. The van der Waals surface area contributed by atoms with Crippen LogP contribution in [0.2, 0.25) is 0 Å². The third-order valence-electron chi connectivity index (χ3n) is 3.68. The minimum absolute atomic E-state index is 0.0790. The Hall–Kier alpha value is -1.30. The van der Waals surface area contributed by atoms with Gasteiger partial charge in [-0.3, -0.25) is 4.79 Å². The Balaban J connectivity index is 1.82. The first-order valence-corrected chi connectivity index (χ1v) is 8.17. The van der Waals surface area contributed by atoms with Gasteiger partial charge in [0.25, 0.3) is 0 Å². The number of alkyl halides is 1. The number of amides is 1. The zero-order valence-electron chi connectivity index (χ0n) is 12.6. The van der Waals surface area contributed by atoms with Crippen LogP contribution in [-0.2, 0) is 9.53 Å². The number of carbonyl (C=O) groups is 1. The van der Waals surface area contributed by atoms with E-state index in [1.54, 1.807) is 0 Å². The highest BCUT2D eigenvalue weighted by Gasteiger charge is 2.13. The molecule has 1 unspecified atom stereocenters. The third kappa shape index (κ3) is 5.16. The summed E-state index contributed by atoms with van der Waals surface area (Å²) in [6, 6.07) is 7.80. The van der Waals surface area contributed by atoms with Gasteiger partial charge >= 0.3 is 0 Å². The smallest absolute Gasteiger partial charge is 0.220 e. The molecule has 1 amide bonds. The molecule has 0 radical (unpaired) electrons. The minimum Gasteiger partial charge on any atom is -0.387 e. The fraction of sp³-hybridized carbons (Fsp3) is 0.562. The largest absolute Gasteiger partial charge is 0.387 e. The molecule has 0 saturated carbocycles. The molecule has 1 saturated heterocycles. The van der Waals surface area contributed by atoms with E-state index in [0.717, 1.165) is 37.6 Å². The second kappa shape index (κ2) is 8.98. The molecular weight excluding hydrogens is 304 g/mol. The number of rotatable bonds is 7. The maximum absolute atomic E-state index is 11.5. The summed E-state index contributed by atoms with van der Waals surface area (Å²) in [4.78, 5) is 13.8. The van der Waals surface area contributed by atoms with Gasteiger partial charge in [-0.15, -0.1) is 11.6 Å². The Morgan fingerprint density at radius 3 is 2.64 bits per heavy atom. The normalized spacial score (nSPS) is 16.4. The number of morpholine rings is 1. The zero-order chi connectivity index (χ0) is 15.8. The summed E-state index contributed by atoms with van der Waals surface area (Å²) < 4.78 is 5.34. The van der Waals surface area contributed by atoms with E-state index in [2.05, 4.69) is 10.2 Å². The first-order chi connectivity index (χ1) is 10.7. The molecular formula is C16H23ClN2O3. The summed E-state index contributed by atoms with van der Waals surface area (Å²) in [5, 5.41) is 12.8. The molecule has 0 bridgehead atoms. The molecule has 1 heterocycles. The molecule has 1 aliphatic rings. The Bertz CT molecular complexity index is 461. The first kappa shape index (κ1) is 17.1. The van der Waals surface area contributed by atoms with E-state index >= 15 is 0 Å². The standard InChI is InChI=1S/C16H23ClN2O3/c17-7-1-2-16(21)18-12-15(20)13-3-5-14(6-4-13)19-8-10-22-11-9-19/h3-6,15,20H,1-2,7-12H2,(H,18,21). The molecule has 1 atom stereocenters. The predicted octanol–water partition coefficient (Wildman–Crippen LogP) is 1.69. The number of hydrogen-bond donors (Lipinski definition) is 2. The van der Waals surface area contributed by atoms with Crippen LogP contribution in [-0.4, -0.2) is 49.7 Å². The number of halogens is 1. The number of nitrogens with one attached hydrogen (secondary N) is 1. The molecule has 122 valence electrons. The SMILES string of the molecule is O=C(CCCCl)NCC(O)c1ccc(N2CCOCC2)cc1. The maximum atomic E-state index is 11.5. The quantitative estimate of drug-likeness (QED) is 0.749. The van der Waals surface area contributed by atoms with Crippen molar-refractivity contribution in [1.29, 1.82) is 0 Å². The Labute approximate surface area is 136 Å². The van der Waals surface area contributed by atoms with Crippen molar-refractivity contribution in [2.75, 3.05) is 43.6 Å². The van der Waals surface area contributed by atoms with E-state index in [-0.39, 0.29) is 12.5 Å². The van der Waals surface area contributed by atoms with E-state index in [1.165, 1.54) is 0 Å². The molecule has 6 heteroatoms. The summed E-state index contributed by atoms with van der Waals surface area (Å²) in [6.45, 7) is 3.49. The lowest BCUT2D eigenvalue weighted by Crippen LogP contribution is -2.36. The van der Waals surface area contributed by atoms with E-state index in [9.17, 15) is 9.90 Å². The number of ether oxygens (including phenoxy) is 1. The second-order valence-electron chi connectivity index (χ2n) is 5.30. The highest BCUT2D eigenvalue weighted by atomic mass is 35.5. The lowest BCUT2D eigenvalue weighted by molar-refractivity contribution is -0.121. The van der Waals surface area contributed by atoms with Gasteiger partial charge in [-0.05, 0) is 24.1 Å². The second-order valence-corrected chi connectivity index (χ2v) is 5.68. The van der Waals surface area contributed by atoms with Crippen molar-refractivity contribution >= 4 is 23.2 Å². The van der Waals surface area contributed by atoms with Crippen molar-refractivity contribution in [1.82, 2.24) is 5.32 Å². The van der Waals surface area contributed by atoms with Crippen molar-refractivity contribution in [2.45, 2.75) is 18.9 Å². The van der Waals surface area contributed by atoms with Crippen LogP contribution in [0, 0.1) is 0 Å². The topological polar surface area (TPSA) is 61.8 Å². The Morgan fingerprint density at radius 2 is 2.00 bits per heavy atom. The summed E-state index contributed by atoms with van der Waals surface area (Å²) in [6.07, 6.45) is 0.350. The molecule has 2 rings (SSSR count). The van der Waals surface area contributed by atoms with Gasteiger partial charge in [-0.1, -0.05) is 12.1 Å². The lowest BCUT2D eigenvalue weighted by atomic mass is 10.1. The van der Waals surface area contributed by atoms with Gasteiger partial charge in [0.2, 0.25) is 5.91 Å². The number of benzene rings is 1. The average molecular weight is 327 g/mol. The van der Waals surface area contributed by atoms with Gasteiger partial charge in [0, 0.05) is 37.6 Å². The fourth-order valence-electron chi connectivity index (χ4n) is 2.37. The Morgan fingerprint density at radius 1 is 1.32 bits per heavy atom. The first-order valence-electron chi connectivity index (χ1n) is 7.64. The highest BCUT2D eigenvalue weighted by Crippen LogP contribution is 2.20. The van der Waals surface area contributed by atoms with Crippen molar-refractivity contribution in [3.8, 4) is 0 Å². The summed E-state index contributed by atoms with van der Waals surface area (Å²) >= 11 is 5.54. The number of aliphatic hydroxyl groups excluding tert-OH is 1. The number of hydrogen-bond acceptors (Lipinski definition) is 4. The summed E-state index contributed by atoms with van der Waals surface area (Å²) in [5.74, 6) is 0.392. The average Bonchev–Trinajstić information content (AvgIpc) is 2.58. The molecule has 5 nitrogen and oxygen atoms in total. The molecule has 0 aromatic heterocycles. The number of carbonyl (C=O) groups excluding carboxylic acids is 1. The molecule has 1 aromatic rings. The Kier molecular flexibility index (Phi) is 6.96. The fourth-order valence-corrected chi connectivity index (χ4v) is 2.51. The van der Waals surface area contributed by atoms with Gasteiger partial charge in [-0.25, -0.2) is 0 Å². The molecule has 0 spiro atoms. The molecule has 2 N–H and O–H groups in total. The lowest BCUT2D eigenvalue weighted by Gasteiger charge is -2.29. The van der Waals surface area contributed by atoms with Crippen molar-refractivity contribution < 1.29 is 14.6 Å². The minimum atomic E-state index is -0.696. The number of nitrogens with zero attached hydrogens (tertiary/aromatic N) is 1. The molecule has 22 heavy (non-hydrogen) atoms. The van der Waals surface area contributed by atoms with Crippen LogP contribution in [0.25, 0.3) is 0 Å². The van der Waals surface area contributed by atoms with Crippen LogP contribution < -0.4 is 10.2 Å². The van der Waals surface area contributed by atoms with E-state index in [4.69, 9.17) is 16.3 Å². The van der Waals surface area contributed by atoms with Crippen LogP contribution in [0.15, 0.2) is 24.3 Å². The van der Waals surface area contributed by atoms with E-state index < -0.39 is 6.10 Å². The van der Waals surface area contributed by atoms with Gasteiger partial charge < -0.3 is 20.1 Å². The van der Waals surface area contributed by atoms with Gasteiger partial charge in [-0.2, -0.15) is 0 Å². The van der Waals surface area contributed by atoms with E-state index in [0.29, 0.717) is 18.7 Å². The number of anilines is 1. The number of aliphatic hydroxyl groups is 1. The van der Waals surface area contributed by atoms with Gasteiger partial charge in [0.1, 0.15) is 0 Å². The third-order valence-corrected chi connectivity index (χ3v) is 3.95. The zero-order valence-corrected chi connectivity index (χ0v) is 13.4. The van der Waals surface area contributed by atoms with Crippen LogP contribution in [0.4, 0.5) is 5.69 Å². The summed E-state index contributed by atoms with van der Waals surface area (Å²) in [7, 11) is 0. The van der Waals surface area contributed by atoms with Crippen molar-refractivity contribution in [3.05, 3.63) is 29.8 Å². The van der Waals surface area contributed by atoms with Crippen LogP contribution in [0.1, 0.15) is 24.5 Å².